The molecule has 0 saturated heterocycles. The van der Waals surface area contributed by atoms with Gasteiger partial charge in [-0.25, -0.2) is 13.4 Å². The van der Waals surface area contributed by atoms with Crippen molar-refractivity contribution in [3.63, 3.8) is 0 Å². The summed E-state index contributed by atoms with van der Waals surface area (Å²) in [6.45, 7) is 3.71. The zero-order chi connectivity index (χ0) is 14.9. The number of anilines is 2. The SMILES string of the molecule is COc1cc(N)ccc1S(=O)(=O)Nc1nc(C)c(C)s1. The van der Waals surface area contributed by atoms with Crippen molar-refractivity contribution in [1.29, 1.82) is 0 Å². The number of aromatic nitrogens is 1. The van der Waals surface area contributed by atoms with Crippen molar-refractivity contribution in [2.45, 2.75) is 18.7 Å². The Morgan fingerprint density at radius 2 is 2.05 bits per heavy atom. The fraction of sp³-hybridized carbons (Fsp3) is 0.250. The molecule has 0 atom stereocenters. The van der Waals surface area contributed by atoms with Gasteiger partial charge in [0.1, 0.15) is 10.6 Å². The summed E-state index contributed by atoms with van der Waals surface area (Å²) < 4.78 is 32.2. The number of nitrogens with one attached hydrogen (secondary N) is 1. The Hall–Kier alpha value is -1.80. The van der Waals surface area contributed by atoms with Gasteiger partial charge in [0, 0.05) is 16.6 Å². The van der Waals surface area contributed by atoms with Crippen LogP contribution in [0.15, 0.2) is 23.1 Å². The van der Waals surface area contributed by atoms with Gasteiger partial charge < -0.3 is 10.5 Å². The van der Waals surface area contributed by atoms with Crippen molar-refractivity contribution in [2.75, 3.05) is 17.6 Å². The van der Waals surface area contributed by atoms with Crippen molar-refractivity contribution in [3.8, 4) is 5.75 Å². The van der Waals surface area contributed by atoms with Gasteiger partial charge in [-0.1, -0.05) is 0 Å². The average Bonchev–Trinajstić information content (AvgIpc) is 2.66. The predicted molar refractivity (Wildman–Crippen MR) is 79.8 cm³/mol. The largest absolute Gasteiger partial charge is 0.495 e. The van der Waals surface area contributed by atoms with Gasteiger partial charge in [0.25, 0.3) is 10.0 Å². The highest BCUT2D eigenvalue weighted by molar-refractivity contribution is 7.93. The Labute approximate surface area is 121 Å². The van der Waals surface area contributed by atoms with Crippen LogP contribution in [0.5, 0.6) is 5.75 Å². The lowest BCUT2D eigenvalue weighted by Gasteiger charge is -2.10. The predicted octanol–water partition coefficient (Wildman–Crippen LogP) is 2.15. The fourth-order valence-corrected chi connectivity index (χ4v) is 3.79. The molecule has 0 radical (unpaired) electrons. The molecule has 1 aromatic heterocycles. The number of benzene rings is 1. The van der Waals surface area contributed by atoms with Gasteiger partial charge in [0.15, 0.2) is 5.13 Å². The molecule has 20 heavy (non-hydrogen) atoms. The molecular formula is C12H15N3O3S2. The van der Waals surface area contributed by atoms with E-state index in [4.69, 9.17) is 10.5 Å². The molecule has 1 heterocycles. The lowest BCUT2D eigenvalue weighted by Crippen LogP contribution is -2.14. The minimum absolute atomic E-state index is 0.0275. The Morgan fingerprint density at radius 3 is 2.60 bits per heavy atom. The van der Waals surface area contributed by atoms with Crippen LogP contribution in [0.4, 0.5) is 10.8 Å². The third-order valence-electron chi connectivity index (χ3n) is 2.73. The van der Waals surface area contributed by atoms with E-state index in [1.165, 1.54) is 36.6 Å². The molecule has 0 aliphatic rings. The first-order chi connectivity index (χ1) is 9.33. The van der Waals surface area contributed by atoms with Crippen LogP contribution in [0.25, 0.3) is 0 Å². The number of nitrogens with two attached hydrogens (primary N) is 1. The molecule has 2 rings (SSSR count). The molecule has 0 amide bonds. The van der Waals surface area contributed by atoms with Crippen molar-refractivity contribution >= 4 is 32.2 Å². The van der Waals surface area contributed by atoms with E-state index >= 15 is 0 Å². The number of ether oxygens (including phenoxy) is 1. The molecule has 0 fully saturated rings. The summed E-state index contributed by atoms with van der Waals surface area (Å²) >= 11 is 1.29. The number of rotatable bonds is 4. The second-order valence-electron chi connectivity index (χ2n) is 4.18. The minimum Gasteiger partial charge on any atom is -0.495 e. The zero-order valence-electron chi connectivity index (χ0n) is 11.3. The number of hydrogen-bond acceptors (Lipinski definition) is 6. The van der Waals surface area contributed by atoms with Gasteiger partial charge in [-0.15, -0.1) is 11.3 Å². The van der Waals surface area contributed by atoms with Gasteiger partial charge in [-0.05, 0) is 26.0 Å². The average molecular weight is 313 g/mol. The summed E-state index contributed by atoms with van der Waals surface area (Å²) in [4.78, 5) is 5.15. The summed E-state index contributed by atoms with van der Waals surface area (Å²) in [7, 11) is -2.36. The number of aryl methyl sites for hydroxylation is 2. The maximum atomic E-state index is 12.3. The highest BCUT2D eigenvalue weighted by Crippen LogP contribution is 2.29. The smallest absolute Gasteiger partial charge is 0.267 e. The summed E-state index contributed by atoms with van der Waals surface area (Å²) in [6, 6.07) is 4.38. The first-order valence-electron chi connectivity index (χ1n) is 5.74. The van der Waals surface area contributed by atoms with Crippen LogP contribution in [0, 0.1) is 13.8 Å². The van der Waals surface area contributed by atoms with Crippen LogP contribution in [-0.4, -0.2) is 20.5 Å². The first-order valence-corrected chi connectivity index (χ1v) is 8.04. The molecule has 0 aliphatic heterocycles. The molecule has 0 aliphatic carbocycles. The Balaban J connectivity index is 2.40. The highest BCUT2D eigenvalue weighted by Gasteiger charge is 2.21. The molecule has 6 nitrogen and oxygen atoms in total. The molecule has 0 saturated carbocycles. The monoisotopic (exact) mass is 313 g/mol. The van der Waals surface area contributed by atoms with Crippen LogP contribution in [0.3, 0.4) is 0 Å². The molecule has 0 spiro atoms. The van der Waals surface area contributed by atoms with Crippen LogP contribution in [0.2, 0.25) is 0 Å². The first kappa shape index (κ1) is 14.6. The van der Waals surface area contributed by atoms with E-state index < -0.39 is 10.0 Å². The quantitative estimate of drug-likeness (QED) is 0.843. The molecule has 0 unspecified atom stereocenters. The maximum Gasteiger partial charge on any atom is 0.267 e. The van der Waals surface area contributed by atoms with Gasteiger partial charge in [0.2, 0.25) is 0 Å². The number of sulfonamides is 1. The van der Waals surface area contributed by atoms with Crippen molar-refractivity contribution in [2.24, 2.45) is 0 Å². The van der Waals surface area contributed by atoms with E-state index in [-0.39, 0.29) is 10.6 Å². The van der Waals surface area contributed by atoms with Crippen molar-refractivity contribution < 1.29 is 13.2 Å². The molecule has 3 N–H and O–H groups in total. The molecule has 2 aromatic rings. The number of nitrogens with zero attached hydrogens (tertiary/aromatic N) is 1. The standard InChI is InChI=1S/C12H15N3O3S2/c1-7-8(2)19-12(14-7)15-20(16,17)11-5-4-9(13)6-10(11)18-3/h4-6H,13H2,1-3H3,(H,14,15). The van der Waals surface area contributed by atoms with Crippen molar-refractivity contribution in [1.82, 2.24) is 4.98 Å². The number of nitrogen functional groups attached to an aromatic ring is 1. The van der Waals surface area contributed by atoms with E-state index in [0.717, 1.165) is 10.6 Å². The van der Waals surface area contributed by atoms with E-state index in [9.17, 15) is 8.42 Å². The van der Waals surface area contributed by atoms with Crippen LogP contribution >= 0.6 is 11.3 Å². The Bertz CT molecular complexity index is 719. The molecule has 108 valence electrons. The number of methoxy groups -OCH3 is 1. The summed E-state index contributed by atoms with van der Waals surface area (Å²) in [5.41, 5.74) is 6.85. The zero-order valence-corrected chi connectivity index (χ0v) is 12.9. The van der Waals surface area contributed by atoms with Crippen molar-refractivity contribution in [3.05, 3.63) is 28.8 Å². The second kappa shape index (κ2) is 5.29. The van der Waals surface area contributed by atoms with Gasteiger partial charge in [-0.3, -0.25) is 4.72 Å². The minimum atomic E-state index is -3.76. The number of thiazole rings is 1. The van der Waals surface area contributed by atoms with E-state index in [0.29, 0.717) is 10.8 Å². The van der Waals surface area contributed by atoms with Gasteiger partial charge in [-0.2, -0.15) is 0 Å². The Kier molecular flexibility index (Phi) is 3.87. The van der Waals surface area contributed by atoms with Gasteiger partial charge in [0.05, 0.1) is 12.8 Å². The van der Waals surface area contributed by atoms with Crippen LogP contribution in [-0.2, 0) is 10.0 Å². The molecule has 0 bridgehead atoms. The summed E-state index contributed by atoms with van der Waals surface area (Å²) in [5, 5.41) is 0.332. The second-order valence-corrected chi connectivity index (χ2v) is 7.03. The maximum absolute atomic E-state index is 12.3. The lowest BCUT2D eigenvalue weighted by atomic mass is 10.3. The van der Waals surface area contributed by atoms with Gasteiger partial charge >= 0.3 is 0 Å². The lowest BCUT2D eigenvalue weighted by molar-refractivity contribution is 0.403. The normalized spacial score (nSPS) is 11.3. The fourth-order valence-electron chi connectivity index (χ4n) is 1.59. The van der Waals surface area contributed by atoms with Crippen LogP contribution < -0.4 is 15.2 Å². The third-order valence-corrected chi connectivity index (χ3v) is 5.22. The summed E-state index contributed by atoms with van der Waals surface area (Å²) in [6.07, 6.45) is 0. The molecule has 8 heteroatoms. The van der Waals surface area contributed by atoms with Crippen LogP contribution in [0.1, 0.15) is 10.6 Å². The third kappa shape index (κ3) is 2.86. The topological polar surface area (TPSA) is 94.3 Å². The van der Waals surface area contributed by atoms with E-state index in [1.54, 1.807) is 0 Å². The highest BCUT2D eigenvalue weighted by atomic mass is 32.2. The van der Waals surface area contributed by atoms with E-state index in [1.807, 2.05) is 13.8 Å². The number of hydrogen-bond donors (Lipinski definition) is 2. The molecular weight excluding hydrogens is 298 g/mol. The Morgan fingerprint density at radius 1 is 1.35 bits per heavy atom. The molecule has 1 aromatic carbocycles. The van der Waals surface area contributed by atoms with E-state index in [2.05, 4.69) is 9.71 Å². The summed E-state index contributed by atoms with van der Waals surface area (Å²) in [5.74, 6) is 0.197.